The van der Waals surface area contributed by atoms with Gasteiger partial charge in [-0.15, -0.1) is 12.4 Å². The van der Waals surface area contributed by atoms with E-state index in [0.717, 1.165) is 11.8 Å². The van der Waals surface area contributed by atoms with E-state index in [4.69, 9.17) is 5.21 Å². The lowest BCUT2D eigenvalue weighted by atomic mass is 10.2. The van der Waals surface area contributed by atoms with Crippen LogP contribution in [0.5, 0.6) is 0 Å². The molecule has 0 unspecified atom stereocenters. The second-order valence-electron chi connectivity index (χ2n) is 3.30. The zero-order valence-electron chi connectivity index (χ0n) is 9.62. The normalized spacial score (nSPS) is 9.53. The number of rotatable bonds is 1. The van der Waals surface area contributed by atoms with Crippen LogP contribution in [0.4, 0.5) is 4.39 Å². The van der Waals surface area contributed by atoms with E-state index in [-0.39, 0.29) is 18.1 Å². The van der Waals surface area contributed by atoms with Crippen LogP contribution in [0.25, 0.3) is 0 Å². The average Bonchev–Trinajstić information content (AvgIpc) is 2.41. The highest BCUT2D eigenvalue weighted by molar-refractivity contribution is 5.85. The molecule has 0 amide bonds. The van der Waals surface area contributed by atoms with Crippen molar-refractivity contribution in [3.05, 3.63) is 59.4 Å². The van der Waals surface area contributed by atoms with Gasteiger partial charge >= 0.3 is 0 Å². The summed E-state index contributed by atoms with van der Waals surface area (Å²) < 4.78 is 13.2. The summed E-state index contributed by atoms with van der Waals surface area (Å²) in [6.45, 7) is 0. The van der Waals surface area contributed by atoms with Gasteiger partial charge in [-0.2, -0.15) is 0 Å². The molecule has 0 saturated carbocycles. The van der Waals surface area contributed by atoms with Crippen molar-refractivity contribution >= 4 is 18.6 Å². The first-order valence-corrected chi connectivity index (χ1v) is 5.05. The SMILES string of the molecule is Cl.ON=Cc1nc(C#Cc2cccnc2)ccc1F. The fraction of sp³-hybridized carbons (Fsp3) is 0. The molecule has 0 aliphatic carbocycles. The molecule has 0 aliphatic rings. The van der Waals surface area contributed by atoms with Crippen LogP contribution in [0.2, 0.25) is 0 Å². The minimum atomic E-state index is -0.570. The lowest BCUT2D eigenvalue weighted by Gasteiger charge is -1.95. The Kier molecular flexibility index (Phi) is 5.45. The number of aromatic nitrogens is 2. The summed E-state index contributed by atoms with van der Waals surface area (Å²) in [5.74, 6) is 5.05. The van der Waals surface area contributed by atoms with Crippen LogP contribution < -0.4 is 0 Å². The largest absolute Gasteiger partial charge is 0.411 e. The number of halogens is 2. The smallest absolute Gasteiger partial charge is 0.150 e. The van der Waals surface area contributed by atoms with E-state index >= 15 is 0 Å². The molecule has 2 aromatic heterocycles. The molecule has 2 heterocycles. The molecule has 19 heavy (non-hydrogen) atoms. The van der Waals surface area contributed by atoms with Crippen molar-refractivity contribution in [2.75, 3.05) is 0 Å². The summed E-state index contributed by atoms with van der Waals surface area (Å²) in [4.78, 5) is 7.82. The Balaban J connectivity index is 0.00000180. The second kappa shape index (κ2) is 7.09. The van der Waals surface area contributed by atoms with Gasteiger partial charge in [-0.25, -0.2) is 9.37 Å². The average molecular weight is 278 g/mol. The first-order valence-electron chi connectivity index (χ1n) is 5.05. The number of hydrogen-bond acceptors (Lipinski definition) is 4. The molecule has 0 fully saturated rings. The van der Waals surface area contributed by atoms with Crippen LogP contribution in [-0.4, -0.2) is 21.4 Å². The van der Waals surface area contributed by atoms with Gasteiger partial charge in [0.2, 0.25) is 0 Å². The number of hydrogen-bond donors (Lipinski definition) is 1. The minimum absolute atomic E-state index is 0. The topological polar surface area (TPSA) is 58.4 Å². The molecule has 4 nitrogen and oxygen atoms in total. The van der Waals surface area contributed by atoms with Gasteiger partial charge < -0.3 is 5.21 Å². The lowest BCUT2D eigenvalue weighted by molar-refractivity contribution is 0.321. The van der Waals surface area contributed by atoms with E-state index in [1.807, 2.05) is 0 Å². The molecule has 6 heteroatoms. The Morgan fingerprint density at radius 2 is 2.11 bits per heavy atom. The molecule has 0 aromatic carbocycles. The first-order chi connectivity index (χ1) is 8.79. The molecule has 0 radical (unpaired) electrons. The van der Waals surface area contributed by atoms with Crippen molar-refractivity contribution in [3.8, 4) is 11.8 Å². The van der Waals surface area contributed by atoms with Crippen molar-refractivity contribution < 1.29 is 9.60 Å². The van der Waals surface area contributed by atoms with Crippen molar-refractivity contribution in [2.24, 2.45) is 5.16 Å². The predicted molar refractivity (Wildman–Crippen MR) is 71.0 cm³/mol. The van der Waals surface area contributed by atoms with Crippen molar-refractivity contribution in [2.45, 2.75) is 0 Å². The van der Waals surface area contributed by atoms with Crippen LogP contribution >= 0.6 is 12.4 Å². The van der Waals surface area contributed by atoms with Gasteiger partial charge in [0.05, 0.1) is 6.21 Å². The zero-order valence-corrected chi connectivity index (χ0v) is 10.4. The van der Waals surface area contributed by atoms with Gasteiger partial charge in [-0.05, 0) is 30.2 Å². The monoisotopic (exact) mass is 277 g/mol. The van der Waals surface area contributed by atoms with Gasteiger partial charge in [0, 0.05) is 18.0 Å². The van der Waals surface area contributed by atoms with E-state index in [2.05, 4.69) is 27.0 Å². The summed E-state index contributed by atoms with van der Waals surface area (Å²) in [6, 6.07) is 6.25. The van der Waals surface area contributed by atoms with E-state index in [1.165, 1.54) is 12.1 Å². The highest BCUT2D eigenvalue weighted by atomic mass is 35.5. The fourth-order valence-corrected chi connectivity index (χ4v) is 1.25. The van der Waals surface area contributed by atoms with Gasteiger partial charge in [-0.3, -0.25) is 4.98 Å². The zero-order chi connectivity index (χ0) is 12.8. The molecule has 0 spiro atoms. The number of nitrogens with zero attached hydrogens (tertiary/aromatic N) is 3. The summed E-state index contributed by atoms with van der Waals surface area (Å²) >= 11 is 0. The van der Waals surface area contributed by atoms with Gasteiger partial charge in [-0.1, -0.05) is 11.1 Å². The third kappa shape index (κ3) is 4.05. The van der Waals surface area contributed by atoms with Crippen molar-refractivity contribution in [3.63, 3.8) is 0 Å². The second-order valence-corrected chi connectivity index (χ2v) is 3.30. The Bertz CT molecular complexity index is 635. The molecular formula is C13H9ClFN3O. The van der Waals surface area contributed by atoms with E-state index in [0.29, 0.717) is 5.69 Å². The van der Waals surface area contributed by atoms with E-state index < -0.39 is 5.82 Å². The lowest BCUT2D eigenvalue weighted by Crippen LogP contribution is -1.95. The maximum absolute atomic E-state index is 13.2. The summed E-state index contributed by atoms with van der Waals surface area (Å²) in [5, 5.41) is 11.1. The third-order valence-electron chi connectivity index (χ3n) is 2.05. The Labute approximate surface area is 115 Å². The van der Waals surface area contributed by atoms with E-state index in [9.17, 15) is 4.39 Å². The molecule has 2 aromatic rings. The van der Waals surface area contributed by atoms with Gasteiger partial charge in [0.1, 0.15) is 11.4 Å². The van der Waals surface area contributed by atoms with Crippen LogP contribution in [0.1, 0.15) is 17.0 Å². The maximum Gasteiger partial charge on any atom is 0.150 e. The molecule has 96 valence electrons. The minimum Gasteiger partial charge on any atom is -0.411 e. The Morgan fingerprint density at radius 3 is 2.79 bits per heavy atom. The van der Waals surface area contributed by atoms with E-state index in [1.54, 1.807) is 24.5 Å². The fourth-order valence-electron chi connectivity index (χ4n) is 1.25. The van der Waals surface area contributed by atoms with Crippen LogP contribution in [0.3, 0.4) is 0 Å². The van der Waals surface area contributed by atoms with Crippen LogP contribution in [-0.2, 0) is 0 Å². The molecule has 0 bridgehead atoms. The highest BCUT2D eigenvalue weighted by Gasteiger charge is 2.01. The number of pyridine rings is 2. The summed E-state index contributed by atoms with van der Waals surface area (Å²) in [7, 11) is 0. The van der Waals surface area contributed by atoms with Crippen molar-refractivity contribution in [1.82, 2.24) is 9.97 Å². The summed E-state index contributed by atoms with van der Waals surface area (Å²) in [6.07, 6.45) is 4.19. The van der Waals surface area contributed by atoms with Crippen LogP contribution in [0, 0.1) is 17.7 Å². The third-order valence-corrected chi connectivity index (χ3v) is 2.05. The Morgan fingerprint density at radius 1 is 1.26 bits per heavy atom. The standard InChI is InChI=1S/C13H8FN3O.ClH/c14-12-6-5-11(17-13(12)9-16-18)4-3-10-2-1-7-15-8-10;/h1-2,5-9,18H;1H. The first kappa shape index (κ1) is 14.6. The van der Waals surface area contributed by atoms with Crippen molar-refractivity contribution in [1.29, 1.82) is 0 Å². The quantitative estimate of drug-likeness (QED) is 0.376. The molecule has 2 rings (SSSR count). The molecule has 1 N–H and O–H groups in total. The predicted octanol–water partition coefficient (Wildman–Crippen LogP) is 2.25. The maximum atomic E-state index is 13.2. The molecule has 0 aliphatic heterocycles. The van der Waals surface area contributed by atoms with Gasteiger partial charge in [0.25, 0.3) is 0 Å². The van der Waals surface area contributed by atoms with Crippen LogP contribution in [0.15, 0.2) is 41.8 Å². The molecular weight excluding hydrogens is 269 g/mol. The highest BCUT2D eigenvalue weighted by Crippen LogP contribution is 2.03. The summed E-state index contributed by atoms with van der Waals surface area (Å²) in [5.41, 5.74) is 1.06. The molecule has 0 atom stereocenters. The Hall–Kier alpha value is -2.45. The number of oxime groups is 1. The molecule has 0 saturated heterocycles. The van der Waals surface area contributed by atoms with Gasteiger partial charge in [0.15, 0.2) is 5.82 Å².